The Morgan fingerprint density at radius 2 is 1.82 bits per heavy atom. The van der Waals surface area contributed by atoms with Gasteiger partial charge in [0.1, 0.15) is 0 Å². The predicted molar refractivity (Wildman–Crippen MR) is 77.4 cm³/mol. The zero-order chi connectivity index (χ0) is 16.5. The van der Waals surface area contributed by atoms with Gasteiger partial charge in [-0.3, -0.25) is 0 Å². The first-order chi connectivity index (χ1) is 10.2. The number of benzene rings is 1. The van der Waals surface area contributed by atoms with Crippen molar-refractivity contribution < 1.29 is 17.9 Å². The molecule has 0 saturated heterocycles. The molecule has 1 heterocycles. The van der Waals surface area contributed by atoms with Gasteiger partial charge in [-0.2, -0.15) is 13.2 Å². The molecule has 1 aromatic carbocycles. The third-order valence-electron chi connectivity index (χ3n) is 3.63. The van der Waals surface area contributed by atoms with Crippen molar-refractivity contribution in [1.82, 2.24) is 9.97 Å². The van der Waals surface area contributed by atoms with E-state index in [4.69, 9.17) is 4.74 Å². The Hall–Kier alpha value is -1.95. The van der Waals surface area contributed by atoms with Crippen molar-refractivity contribution >= 4 is 0 Å². The van der Waals surface area contributed by atoms with E-state index < -0.39 is 12.0 Å². The average Bonchev–Trinajstić information content (AvgIpc) is 2.48. The predicted octanol–water partition coefficient (Wildman–Crippen LogP) is 4.49. The zero-order valence-corrected chi connectivity index (χ0v) is 12.8. The molecule has 2 aromatic rings. The van der Waals surface area contributed by atoms with Gasteiger partial charge in [-0.25, -0.2) is 9.97 Å². The van der Waals surface area contributed by atoms with E-state index in [0.717, 1.165) is 5.56 Å². The molecule has 3 nitrogen and oxygen atoms in total. The maximum absolute atomic E-state index is 12.9. The van der Waals surface area contributed by atoms with Crippen molar-refractivity contribution in [3.63, 3.8) is 0 Å². The number of methoxy groups -OCH3 is 1. The van der Waals surface area contributed by atoms with Crippen LogP contribution >= 0.6 is 0 Å². The molecule has 0 amide bonds. The summed E-state index contributed by atoms with van der Waals surface area (Å²) in [5.41, 5.74) is 2.75. The van der Waals surface area contributed by atoms with E-state index in [1.807, 2.05) is 13.0 Å². The molecular formula is C16H17F3N2O. The van der Waals surface area contributed by atoms with Gasteiger partial charge >= 0.3 is 6.18 Å². The van der Waals surface area contributed by atoms with Gasteiger partial charge in [-0.1, -0.05) is 18.2 Å². The highest BCUT2D eigenvalue weighted by atomic mass is 19.4. The Morgan fingerprint density at radius 1 is 1.14 bits per heavy atom. The third-order valence-corrected chi connectivity index (χ3v) is 3.63. The van der Waals surface area contributed by atoms with Crippen LogP contribution in [-0.4, -0.2) is 17.1 Å². The number of nitrogens with zero attached hydrogens (tertiary/aromatic N) is 2. The molecule has 0 radical (unpaired) electrons. The first kappa shape index (κ1) is 16.4. The van der Waals surface area contributed by atoms with Gasteiger partial charge in [0.05, 0.1) is 11.8 Å². The van der Waals surface area contributed by atoms with Crippen LogP contribution < -0.4 is 0 Å². The summed E-state index contributed by atoms with van der Waals surface area (Å²) in [7, 11) is 1.58. The molecule has 0 spiro atoms. The number of ether oxygens (including phenoxy) is 1. The Kier molecular flexibility index (Phi) is 4.51. The summed E-state index contributed by atoms with van der Waals surface area (Å²) in [4.78, 5) is 7.27. The molecule has 0 N–H and O–H groups in total. The fourth-order valence-electron chi connectivity index (χ4n) is 2.11. The normalized spacial score (nSPS) is 13.2. The number of alkyl halides is 3. The van der Waals surface area contributed by atoms with E-state index in [-0.39, 0.29) is 6.10 Å². The van der Waals surface area contributed by atoms with Gasteiger partial charge < -0.3 is 4.74 Å². The maximum Gasteiger partial charge on any atom is 0.451 e. The van der Waals surface area contributed by atoms with Gasteiger partial charge in [0, 0.05) is 18.4 Å². The van der Waals surface area contributed by atoms with Gasteiger partial charge in [0.25, 0.3) is 0 Å². The quantitative estimate of drug-likeness (QED) is 0.838. The minimum Gasteiger partial charge on any atom is -0.377 e. The second-order valence-electron chi connectivity index (χ2n) is 5.11. The smallest absolute Gasteiger partial charge is 0.377 e. The van der Waals surface area contributed by atoms with E-state index in [9.17, 15) is 13.2 Å². The number of hydrogen-bond acceptors (Lipinski definition) is 3. The van der Waals surface area contributed by atoms with E-state index in [2.05, 4.69) is 9.97 Å². The molecule has 0 bridgehead atoms. The molecule has 0 aliphatic carbocycles. The lowest BCUT2D eigenvalue weighted by molar-refractivity contribution is -0.145. The molecule has 0 unspecified atom stereocenters. The second kappa shape index (κ2) is 6.04. The minimum atomic E-state index is -4.56. The van der Waals surface area contributed by atoms with Crippen molar-refractivity contribution in [3.8, 4) is 11.3 Å². The molecule has 1 atom stereocenters. The summed E-state index contributed by atoms with van der Waals surface area (Å²) in [6.45, 7) is 5.15. The lowest BCUT2D eigenvalue weighted by Crippen LogP contribution is -2.13. The highest BCUT2D eigenvalue weighted by Gasteiger charge is 2.35. The van der Waals surface area contributed by atoms with Crippen LogP contribution in [0.3, 0.4) is 0 Å². The summed E-state index contributed by atoms with van der Waals surface area (Å²) in [5.74, 6) is -1.12. The molecular weight excluding hydrogens is 293 g/mol. The Balaban J connectivity index is 2.59. The summed E-state index contributed by atoms with van der Waals surface area (Å²) in [6.07, 6.45) is -4.71. The lowest BCUT2D eigenvalue weighted by Gasteiger charge is -2.14. The molecule has 0 aliphatic heterocycles. The van der Waals surface area contributed by atoms with Crippen molar-refractivity contribution in [1.29, 1.82) is 0 Å². The number of rotatable bonds is 3. The van der Waals surface area contributed by atoms with Gasteiger partial charge in [-0.15, -0.1) is 0 Å². The Labute approximate surface area is 127 Å². The van der Waals surface area contributed by atoms with Crippen LogP contribution in [0.5, 0.6) is 0 Å². The first-order valence-electron chi connectivity index (χ1n) is 6.79. The van der Waals surface area contributed by atoms with Crippen molar-refractivity contribution in [2.24, 2.45) is 0 Å². The monoisotopic (exact) mass is 310 g/mol. The van der Waals surface area contributed by atoms with Crippen LogP contribution in [0, 0.1) is 13.8 Å². The standard InChI is InChI=1S/C16H17F3N2O/c1-9-10(2)20-15(16(17,18)19)21-14(9)13-7-5-6-12(8-13)11(3)22-4/h5-8,11H,1-4H3/t11-/m0/s1. The summed E-state index contributed by atoms with van der Waals surface area (Å²) < 4.78 is 44.0. The van der Waals surface area contributed by atoms with Crippen molar-refractivity contribution in [2.45, 2.75) is 33.1 Å². The molecule has 118 valence electrons. The van der Waals surface area contributed by atoms with Crippen LogP contribution in [0.1, 0.15) is 35.7 Å². The number of aromatic nitrogens is 2. The van der Waals surface area contributed by atoms with Gasteiger partial charge in [-0.05, 0) is 38.0 Å². The summed E-state index contributed by atoms with van der Waals surface area (Å²) in [6, 6.07) is 7.18. The number of hydrogen-bond donors (Lipinski definition) is 0. The second-order valence-corrected chi connectivity index (χ2v) is 5.11. The highest BCUT2D eigenvalue weighted by molar-refractivity contribution is 5.64. The SMILES string of the molecule is CO[C@@H](C)c1cccc(-c2nc(C(F)(F)F)nc(C)c2C)c1. The third kappa shape index (κ3) is 3.27. The van der Waals surface area contributed by atoms with E-state index >= 15 is 0 Å². The minimum absolute atomic E-state index is 0.148. The zero-order valence-electron chi connectivity index (χ0n) is 12.8. The molecule has 1 aromatic heterocycles. The molecule has 2 rings (SSSR count). The van der Waals surface area contributed by atoms with E-state index in [1.54, 1.807) is 39.2 Å². The maximum atomic E-state index is 12.9. The van der Waals surface area contributed by atoms with Crippen molar-refractivity contribution in [3.05, 3.63) is 46.9 Å². The summed E-state index contributed by atoms with van der Waals surface area (Å²) in [5, 5.41) is 0. The largest absolute Gasteiger partial charge is 0.451 e. The van der Waals surface area contributed by atoms with Crippen LogP contribution in [-0.2, 0) is 10.9 Å². The Bertz CT molecular complexity index is 684. The molecule has 22 heavy (non-hydrogen) atoms. The molecule has 0 fully saturated rings. The summed E-state index contributed by atoms with van der Waals surface area (Å²) >= 11 is 0. The Morgan fingerprint density at radius 3 is 2.41 bits per heavy atom. The fourth-order valence-corrected chi connectivity index (χ4v) is 2.11. The lowest BCUT2D eigenvalue weighted by atomic mass is 10.0. The molecule has 6 heteroatoms. The number of halogens is 3. The number of aryl methyl sites for hydroxylation is 1. The van der Waals surface area contributed by atoms with Gasteiger partial charge in [0.2, 0.25) is 5.82 Å². The van der Waals surface area contributed by atoms with E-state index in [0.29, 0.717) is 22.5 Å². The van der Waals surface area contributed by atoms with Crippen LogP contribution in [0.25, 0.3) is 11.3 Å². The highest BCUT2D eigenvalue weighted by Crippen LogP contribution is 2.31. The van der Waals surface area contributed by atoms with Crippen LogP contribution in [0.2, 0.25) is 0 Å². The molecule has 0 aliphatic rings. The van der Waals surface area contributed by atoms with Crippen LogP contribution in [0.4, 0.5) is 13.2 Å². The molecule has 0 saturated carbocycles. The topological polar surface area (TPSA) is 35.0 Å². The average molecular weight is 310 g/mol. The van der Waals surface area contributed by atoms with Gasteiger partial charge in [0.15, 0.2) is 0 Å². The first-order valence-corrected chi connectivity index (χ1v) is 6.79. The van der Waals surface area contributed by atoms with Crippen molar-refractivity contribution in [2.75, 3.05) is 7.11 Å². The van der Waals surface area contributed by atoms with Crippen LogP contribution in [0.15, 0.2) is 24.3 Å². The van der Waals surface area contributed by atoms with E-state index in [1.165, 1.54) is 0 Å². The fraction of sp³-hybridized carbons (Fsp3) is 0.375.